The minimum absolute atomic E-state index is 0.119. The predicted octanol–water partition coefficient (Wildman–Crippen LogP) is 5.73. The number of ether oxygens (including phenoxy) is 1. The van der Waals surface area contributed by atoms with E-state index in [9.17, 15) is 9.32 Å². The Bertz CT molecular complexity index is 1220. The summed E-state index contributed by atoms with van der Waals surface area (Å²) in [6.07, 6.45) is 3.58. The lowest BCUT2D eigenvalue weighted by Crippen LogP contribution is -2.21. The molecule has 1 heterocycles. The molecule has 6 nitrogen and oxygen atoms in total. The number of phenolic OH excluding ortho intramolecular Hbond substituents is 1. The van der Waals surface area contributed by atoms with E-state index in [1.807, 2.05) is 48.7 Å². The number of fused-ring (bicyclic) bond motifs is 2. The largest absolute Gasteiger partial charge is 0.507 e. The van der Waals surface area contributed by atoms with Crippen LogP contribution >= 0.6 is 11.9 Å². The average molecular weight is 470 g/mol. The Hall–Kier alpha value is -2.71. The van der Waals surface area contributed by atoms with Gasteiger partial charge in [-0.25, -0.2) is 4.21 Å². The first-order valence-electron chi connectivity index (χ1n) is 10.5. The smallest absolute Gasteiger partial charge is 0.176 e. The second-order valence-electron chi connectivity index (χ2n) is 8.04. The number of nitrogens with zero attached hydrogens (tertiary/aromatic N) is 1. The third kappa shape index (κ3) is 4.17. The van der Waals surface area contributed by atoms with Crippen molar-refractivity contribution < 1.29 is 14.1 Å². The molecule has 0 saturated carbocycles. The van der Waals surface area contributed by atoms with Crippen molar-refractivity contribution in [2.75, 3.05) is 23.4 Å². The summed E-state index contributed by atoms with van der Waals surface area (Å²) in [5.41, 5.74) is 2.84. The number of aryl methyl sites for hydroxylation is 1. The summed E-state index contributed by atoms with van der Waals surface area (Å²) in [7, 11) is -0.0434. The number of methoxy groups -OCH3 is 1. The Labute approximate surface area is 195 Å². The number of nitrogens with one attached hydrogen (secondary N) is 2. The fraction of sp³-hybridized carbons (Fsp3) is 0.292. The van der Waals surface area contributed by atoms with Crippen LogP contribution in [0.4, 0.5) is 11.4 Å². The molecule has 4 rings (SSSR count). The fourth-order valence-electron chi connectivity index (χ4n) is 3.92. The van der Waals surface area contributed by atoms with Crippen LogP contribution in [-0.2, 0) is 17.4 Å². The summed E-state index contributed by atoms with van der Waals surface area (Å²) in [6, 6.07) is 13.5. The Morgan fingerprint density at radius 2 is 1.97 bits per heavy atom. The molecule has 1 aliphatic heterocycles. The number of benzene rings is 3. The molecule has 0 fully saturated rings. The number of phenols is 1. The molecular weight excluding hydrogens is 442 g/mol. The molecular formula is C24H27N3O3S2. The van der Waals surface area contributed by atoms with E-state index in [0.717, 1.165) is 34.9 Å². The van der Waals surface area contributed by atoms with Gasteiger partial charge >= 0.3 is 0 Å². The van der Waals surface area contributed by atoms with Gasteiger partial charge in [0.1, 0.15) is 17.1 Å². The molecule has 0 saturated heterocycles. The van der Waals surface area contributed by atoms with Gasteiger partial charge in [-0.2, -0.15) is 4.40 Å². The Balaban J connectivity index is 1.88. The topological polar surface area (TPSA) is 83.0 Å². The van der Waals surface area contributed by atoms with Crippen LogP contribution in [0.3, 0.4) is 0 Å². The second-order valence-corrected chi connectivity index (χ2v) is 9.78. The first-order valence-corrected chi connectivity index (χ1v) is 12.8. The average Bonchev–Trinajstić information content (AvgIpc) is 2.78. The number of aromatic hydroxyl groups is 1. The molecule has 0 aromatic heterocycles. The summed E-state index contributed by atoms with van der Waals surface area (Å²) in [5, 5.41) is 16.5. The summed E-state index contributed by atoms with van der Waals surface area (Å²) in [5.74, 6) is 1.46. The van der Waals surface area contributed by atoms with E-state index >= 15 is 0 Å². The molecule has 0 amide bonds. The number of rotatable bonds is 7. The first-order chi connectivity index (χ1) is 15.4. The lowest BCUT2D eigenvalue weighted by Gasteiger charge is -2.23. The molecule has 0 radical (unpaired) electrons. The van der Waals surface area contributed by atoms with E-state index < -0.39 is 11.0 Å². The van der Waals surface area contributed by atoms with Gasteiger partial charge in [0.15, 0.2) is 16.8 Å². The van der Waals surface area contributed by atoms with Gasteiger partial charge in [-0.3, -0.25) is 0 Å². The predicted molar refractivity (Wildman–Crippen MR) is 135 cm³/mol. The lowest BCUT2D eigenvalue weighted by molar-refractivity contribution is 0.410. The fourth-order valence-corrected chi connectivity index (χ4v) is 5.22. The van der Waals surface area contributed by atoms with Crippen molar-refractivity contribution in [3.05, 3.63) is 53.6 Å². The van der Waals surface area contributed by atoms with Crippen LogP contribution in [0.25, 0.3) is 10.8 Å². The van der Waals surface area contributed by atoms with Crippen LogP contribution in [0, 0.1) is 5.92 Å². The Kier molecular flexibility index (Phi) is 6.62. The van der Waals surface area contributed by atoms with Crippen molar-refractivity contribution in [3.8, 4) is 11.5 Å². The van der Waals surface area contributed by atoms with E-state index in [1.54, 1.807) is 7.11 Å². The number of hydrogen-bond donors (Lipinski definition) is 3. The van der Waals surface area contributed by atoms with Gasteiger partial charge in [0, 0.05) is 22.9 Å². The Morgan fingerprint density at radius 3 is 2.66 bits per heavy atom. The first kappa shape index (κ1) is 22.5. The lowest BCUT2D eigenvalue weighted by atomic mass is 9.92. The van der Waals surface area contributed by atoms with Gasteiger partial charge in [-0.15, -0.1) is 0 Å². The minimum atomic E-state index is -1.62. The highest BCUT2D eigenvalue weighted by Gasteiger charge is 2.28. The molecule has 1 aliphatic rings. The molecule has 168 valence electrons. The summed E-state index contributed by atoms with van der Waals surface area (Å²) < 4.78 is 26.3. The van der Waals surface area contributed by atoms with Crippen LogP contribution in [0.1, 0.15) is 31.4 Å². The van der Waals surface area contributed by atoms with Crippen molar-refractivity contribution in [2.45, 2.75) is 31.6 Å². The SMILES string of the molecule is COc1c(C2=NS(=O)c3cc(NSC)ccc3N2)c(O)c(CCC(C)C)c2ccccc12. The van der Waals surface area contributed by atoms with Crippen LogP contribution in [0.5, 0.6) is 11.5 Å². The van der Waals surface area contributed by atoms with Gasteiger partial charge in [0.25, 0.3) is 0 Å². The molecule has 1 unspecified atom stereocenters. The standard InChI is InChI=1S/C24H27N3O3S2/c1-14(2)9-11-17-16-7-5-6-8-18(16)23(30-3)21(22(17)28)24-25-19-12-10-15(26-31-4)13-20(19)32(29)27-24/h5-8,10,12-14,26,28H,9,11H2,1-4H3,(H,25,27). The maximum absolute atomic E-state index is 13.0. The van der Waals surface area contributed by atoms with E-state index in [1.165, 1.54) is 11.9 Å². The highest BCUT2D eigenvalue weighted by Crippen LogP contribution is 2.43. The third-order valence-corrected chi connectivity index (χ3v) is 6.98. The third-order valence-electron chi connectivity index (χ3n) is 5.48. The maximum Gasteiger partial charge on any atom is 0.176 e. The molecule has 3 aromatic rings. The Morgan fingerprint density at radius 1 is 1.22 bits per heavy atom. The molecule has 1 atom stereocenters. The van der Waals surface area contributed by atoms with Gasteiger partial charge < -0.3 is 19.9 Å². The van der Waals surface area contributed by atoms with Gasteiger partial charge in [-0.05, 0) is 42.3 Å². The van der Waals surface area contributed by atoms with Crippen molar-refractivity contribution >= 4 is 50.9 Å². The molecule has 8 heteroatoms. The molecule has 32 heavy (non-hydrogen) atoms. The van der Waals surface area contributed by atoms with Crippen molar-refractivity contribution in [2.24, 2.45) is 10.3 Å². The van der Waals surface area contributed by atoms with Crippen LogP contribution in [-0.4, -0.2) is 28.5 Å². The van der Waals surface area contributed by atoms with E-state index in [0.29, 0.717) is 33.6 Å². The monoisotopic (exact) mass is 469 g/mol. The van der Waals surface area contributed by atoms with E-state index in [-0.39, 0.29) is 5.75 Å². The molecule has 0 bridgehead atoms. The number of amidine groups is 1. The molecule has 0 aliphatic carbocycles. The molecule has 3 aromatic carbocycles. The van der Waals surface area contributed by atoms with Gasteiger partial charge in [-0.1, -0.05) is 50.1 Å². The van der Waals surface area contributed by atoms with Gasteiger partial charge in [0.2, 0.25) is 0 Å². The normalized spacial score (nSPS) is 15.3. The van der Waals surface area contributed by atoms with Crippen molar-refractivity contribution in [1.82, 2.24) is 0 Å². The number of hydrogen-bond acceptors (Lipinski definition) is 6. The van der Waals surface area contributed by atoms with E-state index in [4.69, 9.17) is 4.74 Å². The maximum atomic E-state index is 13.0. The zero-order valence-electron chi connectivity index (χ0n) is 18.6. The zero-order valence-corrected chi connectivity index (χ0v) is 20.2. The summed E-state index contributed by atoms with van der Waals surface area (Å²) in [6.45, 7) is 4.33. The summed E-state index contributed by atoms with van der Waals surface area (Å²) in [4.78, 5) is 0.590. The quantitative estimate of drug-likeness (QED) is 0.384. The highest BCUT2D eigenvalue weighted by atomic mass is 32.2. The zero-order chi connectivity index (χ0) is 22.8. The van der Waals surface area contributed by atoms with Crippen LogP contribution in [0.2, 0.25) is 0 Å². The van der Waals surface area contributed by atoms with Crippen LogP contribution < -0.4 is 14.8 Å². The number of anilines is 2. The molecule has 3 N–H and O–H groups in total. The van der Waals surface area contributed by atoms with Gasteiger partial charge in [0.05, 0.1) is 17.7 Å². The summed E-state index contributed by atoms with van der Waals surface area (Å²) >= 11 is 1.47. The second kappa shape index (κ2) is 9.42. The highest BCUT2D eigenvalue weighted by molar-refractivity contribution is 7.99. The van der Waals surface area contributed by atoms with E-state index in [2.05, 4.69) is 28.3 Å². The van der Waals surface area contributed by atoms with Crippen LogP contribution in [0.15, 0.2) is 51.8 Å². The van der Waals surface area contributed by atoms with Crippen molar-refractivity contribution in [3.63, 3.8) is 0 Å². The van der Waals surface area contributed by atoms with Crippen molar-refractivity contribution in [1.29, 1.82) is 0 Å². The minimum Gasteiger partial charge on any atom is -0.507 e. The molecule has 0 spiro atoms.